The molecule has 1 amide bonds. The van der Waals surface area contributed by atoms with E-state index in [2.05, 4.69) is 15.3 Å². The first-order valence-corrected chi connectivity index (χ1v) is 12.0. The van der Waals surface area contributed by atoms with E-state index in [1.165, 1.54) is 22.7 Å². The van der Waals surface area contributed by atoms with Crippen LogP contribution in [0.3, 0.4) is 0 Å². The molecule has 0 radical (unpaired) electrons. The molecule has 8 heteroatoms. The highest BCUT2D eigenvalue weighted by Crippen LogP contribution is 2.38. The number of anilines is 1. The smallest absolute Gasteiger partial charge is 0.342 e. The Morgan fingerprint density at radius 3 is 2.59 bits per heavy atom. The summed E-state index contributed by atoms with van der Waals surface area (Å²) in [5, 5.41) is 7.97. The Labute approximate surface area is 192 Å². The molecule has 6 nitrogen and oxygen atoms in total. The predicted molar refractivity (Wildman–Crippen MR) is 126 cm³/mol. The van der Waals surface area contributed by atoms with Gasteiger partial charge in [-0.15, -0.1) is 22.7 Å². The molecule has 0 unspecified atom stereocenters. The van der Waals surface area contributed by atoms with Gasteiger partial charge in [-0.05, 0) is 30.5 Å². The predicted octanol–water partition coefficient (Wildman–Crippen LogP) is 5.64. The molecule has 1 aromatic carbocycles. The van der Waals surface area contributed by atoms with E-state index in [-0.39, 0.29) is 18.4 Å². The Balaban J connectivity index is 1.36. The van der Waals surface area contributed by atoms with Crippen LogP contribution in [-0.4, -0.2) is 21.8 Å². The van der Waals surface area contributed by atoms with Gasteiger partial charge in [-0.3, -0.25) is 9.78 Å². The van der Waals surface area contributed by atoms with Crippen LogP contribution in [-0.2, 0) is 16.1 Å². The Morgan fingerprint density at radius 2 is 1.84 bits per heavy atom. The number of carbonyl (C=O) groups is 2. The van der Waals surface area contributed by atoms with Gasteiger partial charge in [-0.1, -0.05) is 36.4 Å². The van der Waals surface area contributed by atoms with E-state index in [9.17, 15) is 9.59 Å². The summed E-state index contributed by atoms with van der Waals surface area (Å²) >= 11 is 2.79. The summed E-state index contributed by atoms with van der Waals surface area (Å²) in [4.78, 5) is 34.3. The Morgan fingerprint density at radius 1 is 1.03 bits per heavy atom. The molecule has 0 spiro atoms. The average Bonchev–Trinajstić information content (AvgIpc) is 3.44. The molecule has 4 aromatic rings. The molecule has 5 rings (SSSR count). The Hall–Kier alpha value is -3.36. The number of ether oxygens (including phenoxy) is 1. The van der Waals surface area contributed by atoms with Crippen molar-refractivity contribution < 1.29 is 14.3 Å². The number of esters is 1. The first-order chi connectivity index (χ1) is 15.7. The highest BCUT2D eigenvalue weighted by Gasteiger charge is 2.31. The number of benzene rings is 1. The monoisotopic (exact) mass is 461 g/mol. The van der Waals surface area contributed by atoms with Crippen LogP contribution in [0.2, 0.25) is 0 Å². The first kappa shape index (κ1) is 20.5. The van der Waals surface area contributed by atoms with Gasteiger partial charge in [-0.25, -0.2) is 9.78 Å². The minimum Gasteiger partial charge on any atom is -0.455 e. The van der Waals surface area contributed by atoms with Gasteiger partial charge in [0.1, 0.15) is 22.2 Å². The second-order valence-corrected chi connectivity index (χ2v) is 9.16. The topological polar surface area (TPSA) is 81.2 Å². The minimum absolute atomic E-state index is 0.0417. The second-order valence-electron chi connectivity index (χ2n) is 7.42. The number of pyridine rings is 1. The lowest BCUT2D eigenvalue weighted by Crippen LogP contribution is -2.16. The van der Waals surface area contributed by atoms with Crippen molar-refractivity contribution in [2.24, 2.45) is 5.92 Å². The molecular weight excluding hydrogens is 442 g/mol. The molecule has 1 aliphatic rings. The molecule has 0 bridgehead atoms. The summed E-state index contributed by atoms with van der Waals surface area (Å²) < 4.78 is 5.62. The van der Waals surface area contributed by atoms with Crippen molar-refractivity contribution in [1.29, 1.82) is 0 Å². The number of hydrogen-bond acceptors (Lipinski definition) is 7. The molecule has 1 saturated carbocycles. The number of nitrogens with zero attached hydrogens (tertiary/aromatic N) is 2. The van der Waals surface area contributed by atoms with Crippen molar-refractivity contribution >= 4 is 39.6 Å². The zero-order chi connectivity index (χ0) is 21.9. The standard InChI is InChI=1S/C24H19N3O3S2/c28-21(16-9-10-16)27-23-20(18(14-32-23)15-6-2-1-3-7-15)24(29)30-12-17-13-31-22(26-17)19-8-4-5-11-25-19/h1-8,11,13-14,16H,9-10,12H2,(H,27,28). The van der Waals surface area contributed by atoms with Crippen molar-refractivity contribution in [3.8, 4) is 21.8 Å². The maximum atomic E-state index is 13.1. The minimum atomic E-state index is -0.483. The van der Waals surface area contributed by atoms with Gasteiger partial charge in [0.25, 0.3) is 0 Å². The Kier molecular flexibility index (Phi) is 5.79. The molecule has 3 aromatic heterocycles. The fourth-order valence-electron chi connectivity index (χ4n) is 3.23. The van der Waals surface area contributed by atoms with E-state index in [0.717, 1.165) is 34.7 Å². The highest BCUT2D eigenvalue weighted by molar-refractivity contribution is 7.15. The summed E-state index contributed by atoms with van der Waals surface area (Å²) in [7, 11) is 0. The van der Waals surface area contributed by atoms with E-state index in [1.54, 1.807) is 6.20 Å². The molecule has 1 N–H and O–H groups in total. The summed E-state index contributed by atoms with van der Waals surface area (Å²) in [5.74, 6) is -0.482. The van der Waals surface area contributed by atoms with Crippen LogP contribution < -0.4 is 5.32 Å². The molecule has 32 heavy (non-hydrogen) atoms. The van der Waals surface area contributed by atoms with Gasteiger partial charge < -0.3 is 10.1 Å². The number of rotatable bonds is 7. The number of carbonyl (C=O) groups excluding carboxylic acids is 2. The quantitative estimate of drug-likeness (QED) is 0.360. The van der Waals surface area contributed by atoms with Crippen molar-refractivity contribution in [3.63, 3.8) is 0 Å². The van der Waals surface area contributed by atoms with Crippen molar-refractivity contribution in [2.45, 2.75) is 19.4 Å². The molecule has 3 heterocycles. The lowest BCUT2D eigenvalue weighted by Gasteiger charge is -2.09. The fraction of sp³-hybridized carbons (Fsp3) is 0.167. The normalized spacial score (nSPS) is 13.0. The molecule has 1 aliphatic carbocycles. The lowest BCUT2D eigenvalue weighted by molar-refractivity contribution is -0.117. The van der Waals surface area contributed by atoms with E-state index in [1.807, 2.05) is 59.3 Å². The SMILES string of the molecule is O=C(OCc1csc(-c2ccccn2)n1)c1c(-c2ccccc2)csc1NC(=O)C1CC1. The van der Waals surface area contributed by atoms with Crippen LogP contribution in [0.4, 0.5) is 5.00 Å². The summed E-state index contributed by atoms with van der Waals surface area (Å²) in [6.45, 7) is 0.0439. The fourth-order valence-corrected chi connectivity index (χ4v) is 4.97. The number of hydrogen-bond donors (Lipinski definition) is 1. The third-order valence-corrected chi connectivity index (χ3v) is 6.86. The number of thiophene rings is 1. The zero-order valence-electron chi connectivity index (χ0n) is 17.0. The van der Waals surface area contributed by atoms with Crippen LogP contribution in [0.5, 0.6) is 0 Å². The van der Waals surface area contributed by atoms with Crippen molar-refractivity contribution in [1.82, 2.24) is 9.97 Å². The lowest BCUT2D eigenvalue weighted by atomic mass is 10.0. The van der Waals surface area contributed by atoms with E-state index >= 15 is 0 Å². The van der Waals surface area contributed by atoms with Crippen LogP contribution >= 0.6 is 22.7 Å². The van der Waals surface area contributed by atoms with Crippen LogP contribution in [0.25, 0.3) is 21.8 Å². The van der Waals surface area contributed by atoms with Crippen molar-refractivity contribution in [3.05, 3.63) is 76.7 Å². The van der Waals surface area contributed by atoms with E-state index < -0.39 is 5.97 Å². The highest BCUT2D eigenvalue weighted by atomic mass is 32.1. The zero-order valence-corrected chi connectivity index (χ0v) is 18.6. The average molecular weight is 462 g/mol. The van der Waals surface area contributed by atoms with Gasteiger partial charge in [0.15, 0.2) is 0 Å². The van der Waals surface area contributed by atoms with Crippen molar-refractivity contribution in [2.75, 3.05) is 5.32 Å². The molecule has 1 fully saturated rings. The van der Waals surface area contributed by atoms with E-state index in [0.29, 0.717) is 16.3 Å². The number of amides is 1. The Bertz CT molecular complexity index is 1250. The van der Waals surface area contributed by atoms with Gasteiger partial charge in [-0.2, -0.15) is 0 Å². The molecule has 0 saturated heterocycles. The van der Waals surface area contributed by atoms with Gasteiger partial charge in [0.05, 0.1) is 11.4 Å². The van der Waals surface area contributed by atoms with Crippen LogP contribution in [0.15, 0.2) is 65.5 Å². The van der Waals surface area contributed by atoms with Crippen LogP contribution in [0, 0.1) is 5.92 Å². The maximum Gasteiger partial charge on any atom is 0.342 e. The second kappa shape index (κ2) is 9.02. The number of nitrogens with one attached hydrogen (secondary N) is 1. The van der Waals surface area contributed by atoms with Gasteiger partial charge in [0.2, 0.25) is 5.91 Å². The first-order valence-electron chi connectivity index (χ1n) is 10.2. The molecule has 160 valence electrons. The van der Waals surface area contributed by atoms with Gasteiger partial charge in [0, 0.05) is 28.4 Å². The third-order valence-electron chi connectivity index (χ3n) is 5.05. The molecular formula is C24H19N3O3S2. The van der Waals surface area contributed by atoms with Gasteiger partial charge >= 0.3 is 5.97 Å². The maximum absolute atomic E-state index is 13.1. The van der Waals surface area contributed by atoms with Crippen LogP contribution in [0.1, 0.15) is 28.9 Å². The summed E-state index contributed by atoms with van der Waals surface area (Å²) in [5.41, 5.74) is 3.47. The molecule has 0 aliphatic heterocycles. The number of thiazole rings is 1. The third kappa shape index (κ3) is 4.46. The summed E-state index contributed by atoms with van der Waals surface area (Å²) in [6, 6.07) is 15.3. The van der Waals surface area contributed by atoms with E-state index in [4.69, 9.17) is 4.74 Å². The molecule has 0 atom stereocenters. The number of aromatic nitrogens is 2. The summed E-state index contributed by atoms with van der Waals surface area (Å²) in [6.07, 6.45) is 3.51. The largest absolute Gasteiger partial charge is 0.455 e.